The van der Waals surface area contributed by atoms with Crippen LogP contribution in [0.4, 0.5) is 13.2 Å². The first-order valence-corrected chi connectivity index (χ1v) is 12.9. The van der Waals surface area contributed by atoms with Crippen LogP contribution >= 0.6 is 0 Å². The lowest BCUT2D eigenvalue weighted by Crippen LogP contribution is -2.59. The van der Waals surface area contributed by atoms with Crippen molar-refractivity contribution in [3.8, 4) is 0 Å². The first kappa shape index (κ1) is 21.2. The molecule has 25 heavy (non-hydrogen) atoms. The van der Waals surface area contributed by atoms with E-state index in [9.17, 15) is 21.6 Å². The third-order valence-corrected chi connectivity index (χ3v) is 15.6. The minimum absolute atomic E-state index is 0.00914. The van der Waals surface area contributed by atoms with Crippen LogP contribution in [0.5, 0.6) is 0 Å². The Morgan fingerprint density at radius 1 is 0.920 bits per heavy atom. The van der Waals surface area contributed by atoms with Crippen LogP contribution in [0.15, 0.2) is 0 Å². The molecule has 0 N–H and O–H groups in total. The zero-order chi connectivity index (χ0) is 19.1. The molecule has 2 fully saturated rings. The molecule has 0 aromatic rings. The highest BCUT2D eigenvalue weighted by Crippen LogP contribution is 2.63. The summed E-state index contributed by atoms with van der Waals surface area (Å²) < 4.78 is 69.5. The Hall–Kier alpha value is -0.0831. The smallest absolute Gasteiger partial charge is 0.307 e. The van der Waals surface area contributed by atoms with Gasteiger partial charge in [-0.05, 0) is 22.0 Å². The van der Waals surface area contributed by atoms with Crippen LogP contribution in [0.2, 0.25) is 16.1 Å². The lowest BCUT2D eigenvalue weighted by atomic mass is 9.99. The average Bonchev–Trinajstić information content (AvgIpc) is 3.16. The van der Waals surface area contributed by atoms with Crippen molar-refractivity contribution >= 4 is 18.4 Å². The monoisotopic (exact) mass is 400 g/mol. The van der Waals surface area contributed by atoms with E-state index in [-0.39, 0.29) is 17.0 Å². The van der Waals surface area contributed by atoms with Gasteiger partial charge in [0.1, 0.15) is 0 Å². The van der Waals surface area contributed by atoms with Crippen LogP contribution in [0, 0.1) is 5.92 Å². The Morgan fingerprint density at radius 2 is 1.28 bits per heavy atom. The zero-order valence-electron chi connectivity index (χ0n) is 15.7. The molecule has 0 radical (unpaired) electrons. The predicted octanol–water partition coefficient (Wildman–Crippen LogP) is 6.12. The molecule has 0 aromatic heterocycles. The number of alkyl halides is 3. The second-order valence-corrected chi connectivity index (χ2v) is 15.2. The van der Waals surface area contributed by atoms with E-state index in [1.165, 1.54) is 0 Å². The molecule has 0 bridgehead atoms. The SMILES string of the molecule is CC(C)C(C)(C)[Si](OS(=O)(=O)C(F)(F)F)(C1CCCC1)C1CCCC1. The molecule has 0 atom stereocenters. The fourth-order valence-corrected chi connectivity index (χ4v) is 15.0. The summed E-state index contributed by atoms with van der Waals surface area (Å²) in [6.07, 6.45) is 7.01. The van der Waals surface area contributed by atoms with Gasteiger partial charge in [0.05, 0.1) is 0 Å². The highest BCUT2D eigenvalue weighted by molar-refractivity contribution is 7.88. The van der Waals surface area contributed by atoms with Gasteiger partial charge < -0.3 is 3.87 Å². The first-order chi connectivity index (χ1) is 11.4. The fraction of sp³-hybridized carbons (Fsp3) is 1.00. The molecule has 0 aromatic carbocycles. The molecule has 2 aliphatic carbocycles. The van der Waals surface area contributed by atoms with Crippen molar-refractivity contribution in [2.75, 3.05) is 0 Å². The molecule has 2 saturated carbocycles. The van der Waals surface area contributed by atoms with Crippen LogP contribution in [0.1, 0.15) is 79.1 Å². The van der Waals surface area contributed by atoms with Crippen LogP contribution in [0.25, 0.3) is 0 Å². The van der Waals surface area contributed by atoms with E-state index in [1.807, 2.05) is 27.7 Å². The van der Waals surface area contributed by atoms with Gasteiger partial charge in [-0.15, -0.1) is 0 Å². The van der Waals surface area contributed by atoms with E-state index in [4.69, 9.17) is 3.87 Å². The first-order valence-electron chi connectivity index (χ1n) is 9.38. The van der Waals surface area contributed by atoms with E-state index >= 15 is 0 Å². The maximum atomic E-state index is 13.2. The number of hydrogen-bond acceptors (Lipinski definition) is 3. The van der Waals surface area contributed by atoms with Gasteiger partial charge in [0.15, 0.2) is 0 Å². The second-order valence-electron chi connectivity index (χ2n) is 8.62. The molecule has 3 nitrogen and oxygen atoms in total. The summed E-state index contributed by atoms with van der Waals surface area (Å²) in [7, 11) is -8.86. The third kappa shape index (κ3) is 3.67. The topological polar surface area (TPSA) is 43.4 Å². The van der Waals surface area contributed by atoms with Crippen LogP contribution in [-0.4, -0.2) is 22.2 Å². The van der Waals surface area contributed by atoms with Crippen LogP contribution < -0.4 is 0 Å². The van der Waals surface area contributed by atoms with Crippen molar-refractivity contribution in [1.29, 1.82) is 0 Å². The third-order valence-electron chi connectivity index (χ3n) is 6.90. The van der Waals surface area contributed by atoms with Gasteiger partial charge >= 0.3 is 15.6 Å². The van der Waals surface area contributed by atoms with Crippen molar-refractivity contribution in [3.63, 3.8) is 0 Å². The van der Waals surface area contributed by atoms with Crippen molar-refractivity contribution in [2.45, 2.75) is 101 Å². The fourth-order valence-electron chi connectivity index (χ4n) is 5.02. The van der Waals surface area contributed by atoms with Gasteiger partial charge in [0, 0.05) is 0 Å². The Balaban J connectivity index is 2.62. The molecule has 148 valence electrons. The van der Waals surface area contributed by atoms with Gasteiger partial charge in [-0.2, -0.15) is 21.6 Å². The van der Waals surface area contributed by atoms with Crippen LogP contribution in [-0.2, 0) is 14.0 Å². The average molecular weight is 401 g/mol. The summed E-state index contributed by atoms with van der Waals surface area (Å²) in [6, 6.07) is 0. The summed E-state index contributed by atoms with van der Waals surface area (Å²) in [4.78, 5) is 0. The highest BCUT2D eigenvalue weighted by atomic mass is 32.2. The molecule has 2 rings (SSSR count). The summed E-state index contributed by atoms with van der Waals surface area (Å²) in [5.41, 5.74) is -5.37. The van der Waals surface area contributed by atoms with Gasteiger partial charge in [0.2, 0.25) is 8.32 Å². The maximum Gasteiger partial charge on any atom is 0.522 e. The summed E-state index contributed by atoms with van der Waals surface area (Å²) in [5.74, 6) is 0.0591. The summed E-state index contributed by atoms with van der Waals surface area (Å²) in [5, 5.41) is -0.546. The second kappa shape index (κ2) is 7.15. The highest BCUT2D eigenvalue weighted by Gasteiger charge is 2.65. The van der Waals surface area contributed by atoms with Crippen molar-refractivity contribution in [3.05, 3.63) is 0 Å². The van der Waals surface area contributed by atoms with Crippen molar-refractivity contribution < 1.29 is 25.5 Å². The van der Waals surface area contributed by atoms with E-state index in [0.29, 0.717) is 0 Å². The zero-order valence-corrected chi connectivity index (χ0v) is 17.5. The minimum Gasteiger partial charge on any atom is -0.307 e. The Morgan fingerprint density at radius 3 is 1.56 bits per heavy atom. The van der Waals surface area contributed by atoms with E-state index in [0.717, 1.165) is 51.4 Å². The molecule has 0 amide bonds. The standard InChI is InChI=1S/C17H31F3O3SSi/c1-13(2)16(3,4)25(14-9-5-6-10-14,15-11-7-8-12-15)23-24(21,22)17(18,19)20/h13-15H,5-12H2,1-4H3. The molecule has 0 saturated heterocycles. The maximum absolute atomic E-state index is 13.2. The van der Waals surface area contributed by atoms with E-state index in [2.05, 4.69) is 0 Å². The molecule has 0 unspecified atom stereocenters. The van der Waals surface area contributed by atoms with Crippen LogP contribution in [0.3, 0.4) is 0 Å². The molecule has 8 heteroatoms. The predicted molar refractivity (Wildman–Crippen MR) is 95.1 cm³/mol. The van der Waals surface area contributed by atoms with Gasteiger partial charge in [0.25, 0.3) is 0 Å². The largest absolute Gasteiger partial charge is 0.522 e. The van der Waals surface area contributed by atoms with Gasteiger partial charge in [-0.25, -0.2) is 0 Å². The number of rotatable bonds is 6. The Kier molecular flexibility index (Phi) is 6.07. The molecular formula is C17H31F3O3SSi. The quantitative estimate of drug-likeness (QED) is 0.398. The normalized spacial score (nSPS) is 22.2. The van der Waals surface area contributed by atoms with E-state index < -0.39 is 29.0 Å². The number of hydrogen-bond donors (Lipinski definition) is 0. The Labute approximate surface area is 151 Å². The van der Waals surface area contributed by atoms with Crippen molar-refractivity contribution in [2.24, 2.45) is 5.92 Å². The lowest BCUT2D eigenvalue weighted by molar-refractivity contribution is -0.0508. The van der Waals surface area contributed by atoms with Gasteiger partial charge in [-0.1, -0.05) is 79.1 Å². The Bertz CT molecular complexity index is 544. The van der Waals surface area contributed by atoms with E-state index in [1.54, 1.807) is 0 Å². The molecule has 0 heterocycles. The molecule has 0 spiro atoms. The lowest BCUT2D eigenvalue weighted by Gasteiger charge is -2.52. The summed E-state index contributed by atoms with van der Waals surface area (Å²) in [6.45, 7) is 7.86. The molecule has 2 aliphatic rings. The van der Waals surface area contributed by atoms with Gasteiger partial charge in [-0.3, -0.25) is 0 Å². The summed E-state index contributed by atoms with van der Waals surface area (Å²) >= 11 is 0. The molecule has 0 aliphatic heterocycles. The minimum atomic E-state index is -5.59. The number of halogens is 3. The van der Waals surface area contributed by atoms with Crippen molar-refractivity contribution in [1.82, 2.24) is 0 Å². The molecular weight excluding hydrogens is 369 g/mol.